The van der Waals surface area contributed by atoms with Crippen LogP contribution in [0.5, 0.6) is 0 Å². The van der Waals surface area contributed by atoms with Gasteiger partial charge >= 0.3 is 0 Å². The van der Waals surface area contributed by atoms with Crippen molar-refractivity contribution in [3.8, 4) is 5.69 Å². The first kappa shape index (κ1) is 13.1. The smallest absolute Gasteiger partial charge is 0.151 e. The molecule has 4 nitrogen and oxygen atoms in total. The van der Waals surface area contributed by atoms with Gasteiger partial charge in [-0.3, -0.25) is 0 Å². The highest BCUT2D eigenvalue weighted by Crippen LogP contribution is 2.23. The van der Waals surface area contributed by atoms with Gasteiger partial charge in [-0.2, -0.15) is 0 Å². The molecular formula is C11H11BrF2N4. The van der Waals surface area contributed by atoms with E-state index in [4.69, 9.17) is 0 Å². The van der Waals surface area contributed by atoms with Crippen LogP contribution in [0, 0.1) is 11.6 Å². The molecule has 0 atom stereocenters. The monoisotopic (exact) mass is 316 g/mol. The lowest BCUT2D eigenvalue weighted by atomic mass is 10.3. The first-order valence-electron chi connectivity index (χ1n) is 5.38. The fourth-order valence-corrected chi connectivity index (χ4v) is 1.84. The molecule has 2 aromatic rings. The Morgan fingerprint density at radius 3 is 2.83 bits per heavy atom. The van der Waals surface area contributed by atoms with Crippen LogP contribution >= 0.6 is 15.9 Å². The first-order chi connectivity index (χ1) is 8.63. The van der Waals surface area contributed by atoms with Crippen LogP contribution in [0.25, 0.3) is 5.69 Å². The van der Waals surface area contributed by atoms with Gasteiger partial charge in [0.1, 0.15) is 11.5 Å². The van der Waals surface area contributed by atoms with Crippen molar-refractivity contribution >= 4 is 15.9 Å². The third-order valence-corrected chi connectivity index (χ3v) is 3.00. The van der Waals surface area contributed by atoms with Gasteiger partial charge in [0.2, 0.25) is 0 Å². The maximum Gasteiger partial charge on any atom is 0.151 e. The van der Waals surface area contributed by atoms with Gasteiger partial charge in [0.15, 0.2) is 5.82 Å². The quantitative estimate of drug-likeness (QED) is 0.881. The van der Waals surface area contributed by atoms with E-state index in [9.17, 15) is 8.78 Å². The largest absolute Gasteiger partial charge is 0.311 e. The zero-order valence-corrected chi connectivity index (χ0v) is 11.2. The van der Waals surface area contributed by atoms with E-state index in [-0.39, 0.29) is 10.2 Å². The first-order valence-corrected chi connectivity index (χ1v) is 6.18. The molecule has 96 valence electrons. The molecule has 2 rings (SSSR count). The Bertz CT molecular complexity index is 556. The summed E-state index contributed by atoms with van der Waals surface area (Å²) in [6.07, 6.45) is 1.54. The highest BCUT2D eigenvalue weighted by atomic mass is 79.9. The standard InChI is InChI=1S/C11H11BrF2N4/c1-2-15-5-7-6-16-17-18(7)11-3-8(12)9(13)4-10(11)14/h3-4,6,15H,2,5H2,1H3. The zero-order chi connectivity index (χ0) is 13.1. The predicted octanol–water partition coefficient (Wildman–Crippen LogP) is 2.42. The molecule has 1 aromatic heterocycles. The third-order valence-electron chi connectivity index (χ3n) is 2.39. The van der Waals surface area contributed by atoms with Crippen molar-refractivity contribution in [3.63, 3.8) is 0 Å². The topological polar surface area (TPSA) is 42.7 Å². The number of halogens is 3. The van der Waals surface area contributed by atoms with Gasteiger partial charge in [0.25, 0.3) is 0 Å². The zero-order valence-electron chi connectivity index (χ0n) is 9.62. The summed E-state index contributed by atoms with van der Waals surface area (Å²) in [5, 5.41) is 10.7. The van der Waals surface area contributed by atoms with Crippen molar-refractivity contribution in [1.29, 1.82) is 0 Å². The van der Waals surface area contributed by atoms with Crippen molar-refractivity contribution in [1.82, 2.24) is 20.3 Å². The van der Waals surface area contributed by atoms with Crippen molar-refractivity contribution in [2.45, 2.75) is 13.5 Å². The van der Waals surface area contributed by atoms with Crippen molar-refractivity contribution in [2.24, 2.45) is 0 Å². The normalized spacial score (nSPS) is 10.9. The summed E-state index contributed by atoms with van der Waals surface area (Å²) >= 11 is 3.02. The Balaban J connectivity index is 2.42. The molecule has 0 saturated heterocycles. The minimum absolute atomic E-state index is 0.161. The number of aromatic nitrogens is 3. The van der Waals surface area contributed by atoms with E-state index in [1.165, 1.54) is 10.7 Å². The molecule has 18 heavy (non-hydrogen) atoms. The summed E-state index contributed by atoms with van der Waals surface area (Å²) < 4.78 is 28.4. The average Bonchev–Trinajstić information content (AvgIpc) is 2.79. The molecule has 0 unspecified atom stereocenters. The van der Waals surface area contributed by atoms with E-state index in [1.54, 1.807) is 6.20 Å². The minimum atomic E-state index is -0.682. The molecule has 0 spiro atoms. The van der Waals surface area contributed by atoms with Gasteiger partial charge in [0.05, 0.1) is 16.4 Å². The van der Waals surface area contributed by atoms with E-state index < -0.39 is 11.6 Å². The molecule has 0 bridgehead atoms. The molecule has 0 aliphatic carbocycles. The lowest BCUT2D eigenvalue weighted by Crippen LogP contribution is -2.16. The summed E-state index contributed by atoms with van der Waals surface area (Å²) in [4.78, 5) is 0. The van der Waals surface area contributed by atoms with Crippen LogP contribution in [0.2, 0.25) is 0 Å². The van der Waals surface area contributed by atoms with E-state index in [0.717, 1.165) is 12.6 Å². The summed E-state index contributed by atoms with van der Waals surface area (Å²) in [6.45, 7) is 3.25. The summed E-state index contributed by atoms with van der Waals surface area (Å²) in [5.74, 6) is -1.33. The molecule has 7 heteroatoms. The number of nitrogens with one attached hydrogen (secondary N) is 1. The average molecular weight is 317 g/mol. The molecule has 1 heterocycles. The molecule has 0 aliphatic heterocycles. The van der Waals surface area contributed by atoms with E-state index in [2.05, 4.69) is 31.6 Å². The molecule has 0 radical (unpaired) electrons. The molecule has 0 fully saturated rings. The van der Waals surface area contributed by atoms with Crippen LogP contribution in [-0.2, 0) is 6.54 Å². The second kappa shape index (κ2) is 5.53. The van der Waals surface area contributed by atoms with Crippen molar-refractivity contribution in [2.75, 3.05) is 6.54 Å². The Morgan fingerprint density at radius 1 is 1.33 bits per heavy atom. The lowest BCUT2D eigenvalue weighted by Gasteiger charge is -2.08. The lowest BCUT2D eigenvalue weighted by molar-refractivity contribution is 0.563. The highest BCUT2D eigenvalue weighted by Gasteiger charge is 2.13. The van der Waals surface area contributed by atoms with Gasteiger partial charge in [-0.05, 0) is 28.5 Å². The maximum atomic E-state index is 13.7. The Kier molecular flexibility index (Phi) is 4.03. The number of benzene rings is 1. The SMILES string of the molecule is CCNCc1cnnn1-c1cc(Br)c(F)cc1F. The van der Waals surface area contributed by atoms with Gasteiger partial charge in [-0.25, -0.2) is 13.5 Å². The molecule has 0 aliphatic rings. The number of nitrogens with zero attached hydrogens (tertiary/aromatic N) is 3. The molecule has 1 N–H and O–H groups in total. The summed E-state index contributed by atoms with van der Waals surface area (Å²) in [5.41, 5.74) is 0.864. The third kappa shape index (κ3) is 2.56. The Hall–Kier alpha value is -1.34. The minimum Gasteiger partial charge on any atom is -0.311 e. The Labute approximate surface area is 111 Å². The van der Waals surface area contributed by atoms with Crippen LogP contribution in [0.4, 0.5) is 8.78 Å². The van der Waals surface area contributed by atoms with E-state index in [1.807, 2.05) is 6.92 Å². The number of hydrogen-bond acceptors (Lipinski definition) is 3. The Morgan fingerprint density at radius 2 is 2.11 bits per heavy atom. The fraction of sp³-hybridized carbons (Fsp3) is 0.273. The summed E-state index contributed by atoms with van der Waals surface area (Å²) in [6, 6.07) is 2.16. The number of hydrogen-bond donors (Lipinski definition) is 1. The van der Waals surface area contributed by atoms with Gasteiger partial charge in [-0.1, -0.05) is 12.1 Å². The van der Waals surface area contributed by atoms with Crippen LogP contribution < -0.4 is 5.32 Å². The molecular weight excluding hydrogens is 306 g/mol. The molecule has 0 amide bonds. The van der Waals surface area contributed by atoms with Crippen LogP contribution in [0.1, 0.15) is 12.6 Å². The maximum absolute atomic E-state index is 13.7. The van der Waals surface area contributed by atoms with Crippen molar-refractivity contribution in [3.05, 3.63) is 40.1 Å². The van der Waals surface area contributed by atoms with Crippen LogP contribution in [0.3, 0.4) is 0 Å². The van der Waals surface area contributed by atoms with Gasteiger partial charge in [-0.15, -0.1) is 5.10 Å². The molecule has 1 aromatic carbocycles. The van der Waals surface area contributed by atoms with Crippen LogP contribution in [0.15, 0.2) is 22.8 Å². The molecule has 0 saturated carbocycles. The highest BCUT2D eigenvalue weighted by molar-refractivity contribution is 9.10. The van der Waals surface area contributed by atoms with E-state index in [0.29, 0.717) is 12.2 Å². The summed E-state index contributed by atoms with van der Waals surface area (Å²) in [7, 11) is 0. The predicted molar refractivity (Wildman–Crippen MR) is 66.4 cm³/mol. The van der Waals surface area contributed by atoms with Crippen molar-refractivity contribution < 1.29 is 8.78 Å². The second-order valence-corrected chi connectivity index (χ2v) is 4.49. The fourth-order valence-electron chi connectivity index (χ4n) is 1.51. The van der Waals surface area contributed by atoms with Gasteiger partial charge in [0, 0.05) is 12.6 Å². The second-order valence-electron chi connectivity index (χ2n) is 3.64. The van der Waals surface area contributed by atoms with E-state index >= 15 is 0 Å². The van der Waals surface area contributed by atoms with Crippen LogP contribution in [-0.4, -0.2) is 21.5 Å². The van der Waals surface area contributed by atoms with Gasteiger partial charge < -0.3 is 5.32 Å². The number of rotatable bonds is 4.